The first-order chi connectivity index (χ1) is 7.36. The summed E-state index contributed by atoms with van der Waals surface area (Å²) in [7, 11) is 0. The molecule has 0 saturated heterocycles. The van der Waals surface area contributed by atoms with Gasteiger partial charge >= 0.3 is 0 Å². The van der Waals surface area contributed by atoms with Crippen molar-refractivity contribution >= 4 is 5.78 Å². The van der Waals surface area contributed by atoms with E-state index < -0.39 is 0 Å². The highest BCUT2D eigenvalue weighted by molar-refractivity contribution is 5.82. The largest absolute Gasteiger partial charge is 0.299 e. The average Bonchev–Trinajstić information content (AvgIpc) is 2.16. The van der Waals surface area contributed by atoms with Crippen LogP contribution >= 0.6 is 0 Å². The Bertz CT molecular complexity index is 242. The minimum Gasteiger partial charge on any atom is -0.299 e. The molecule has 0 aromatic carbocycles. The van der Waals surface area contributed by atoms with E-state index in [4.69, 9.17) is 0 Å². The van der Waals surface area contributed by atoms with E-state index in [1.807, 2.05) is 0 Å². The third-order valence-electron chi connectivity index (χ3n) is 4.40. The van der Waals surface area contributed by atoms with Crippen molar-refractivity contribution in [3.8, 4) is 0 Å². The molecule has 1 heteroatoms. The van der Waals surface area contributed by atoms with Gasteiger partial charge in [0.1, 0.15) is 5.78 Å². The van der Waals surface area contributed by atoms with Crippen molar-refractivity contribution in [1.82, 2.24) is 0 Å². The van der Waals surface area contributed by atoms with Crippen molar-refractivity contribution in [3.63, 3.8) is 0 Å². The van der Waals surface area contributed by atoms with E-state index in [-0.39, 0.29) is 5.41 Å². The van der Waals surface area contributed by atoms with Crippen LogP contribution in [0.15, 0.2) is 0 Å². The second-order valence-corrected chi connectivity index (χ2v) is 6.61. The number of ketones is 1. The monoisotopic (exact) mass is 224 g/mol. The number of Topliss-reactive ketones (excluding diaryl/α,β-unsaturated/α-hetero) is 1. The van der Waals surface area contributed by atoms with Gasteiger partial charge < -0.3 is 0 Å². The second-order valence-electron chi connectivity index (χ2n) is 6.61. The standard InChI is InChI=1S/C15H28O/c1-6-11(2)10-15(4,5)13-8-7-12(3)9-14(13)16/h11-13H,6-10H2,1-5H3. The highest BCUT2D eigenvalue weighted by atomic mass is 16.1. The van der Waals surface area contributed by atoms with E-state index in [1.54, 1.807) is 0 Å². The van der Waals surface area contributed by atoms with Crippen LogP contribution < -0.4 is 0 Å². The van der Waals surface area contributed by atoms with Crippen LogP contribution in [0.25, 0.3) is 0 Å². The molecule has 1 rings (SSSR count). The maximum Gasteiger partial charge on any atom is 0.136 e. The molecule has 0 aromatic heterocycles. The Hall–Kier alpha value is -0.330. The average molecular weight is 224 g/mol. The van der Waals surface area contributed by atoms with E-state index in [9.17, 15) is 4.79 Å². The summed E-state index contributed by atoms with van der Waals surface area (Å²) in [4.78, 5) is 12.1. The van der Waals surface area contributed by atoms with E-state index >= 15 is 0 Å². The molecule has 0 N–H and O–H groups in total. The van der Waals surface area contributed by atoms with Gasteiger partial charge in [-0.25, -0.2) is 0 Å². The molecule has 94 valence electrons. The minimum absolute atomic E-state index is 0.201. The van der Waals surface area contributed by atoms with Crippen molar-refractivity contribution in [3.05, 3.63) is 0 Å². The van der Waals surface area contributed by atoms with Crippen molar-refractivity contribution in [1.29, 1.82) is 0 Å². The van der Waals surface area contributed by atoms with Gasteiger partial charge in [0.15, 0.2) is 0 Å². The zero-order chi connectivity index (χ0) is 12.3. The van der Waals surface area contributed by atoms with Crippen molar-refractivity contribution in [2.24, 2.45) is 23.2 Å². The van der Waals surface area contributed by atoms with Crippen LogP contribution in [0.2, 0.25) is 0 Å². The fourth-order valence-corrected chi connectivity index (χ4v) is 3.21. The fraction of sp³-hybridized carbons (Fsp3) is 0.933. The third-order valence-corrected chi connectivity index (χ3v) is 4.40. The Balaban J connectivity index is 2.64. The molecule has 0 aromatic rings. The van der Waals surface area contributed by atoms with Crippen LogP contribution in [0.3, 0.4) is 0 Å². The molecule has 0 amide bonds. The fourth-order valence-electron chi connectivity index (χ4n) is 3.21. The van der Waals surface area contributed by atoms with Crippen molar-refractivity contribution in [2.45, 2.75) is 66.7 Å². The molecule has 0 spiro atoms. The SMILES string of the molecule is CCC(C)CC(C)(C)C1CCC(C)CC1=O. The maximum atomic E-state index is 12.1. The molecule has 16 heavy (non-hydrogen) atoms. The zero-order valence-corrected chi connectivity index (χ0v) is 11.7. The number of carbonyl (C=O) groups is 1. The first-order valence-corrected chi connectivity index (χ1v) is 6.89. The van der Waals surface area contributed by atoms with Crippen molar-refractivity contribution in [2.75, 3.05) is 0 Å². The summed E-state index contributed by atoms with van der Waals surface area (Å²) < 4.78 is 0. The summed E-state index contributed by atoms with van der Waals surface area (Å²) >= 11 is 0. The van der Waals surface area contributed by atoms with Gasteiger partial charge in [-0.1, -0.05) is 41.0 Å². The third kappa shape index (κ3) is 3.33. The molecule has 0 heterocycles. The Morgan fingerprint density at radius 2 is 2.00 bits per heavy atom. The van der Waals surface area contributed by atoms with Gasteiger partial charge in [-0.15, -0.1) is 0 Å². The Kier molecular flexibility index (Phi) is 4.58. The minimum atomic E-state index is 0.201. The normalized spacial score (nSPS) is 29.2. The number of hydrogen-bond acceptors (Lipinski definition) is 1. The predicted octanol–water partition coefficient (Wildman–Crippen LogP) is 4.45. The summed E-state index contributed by atoms with van der Waals surface area (Å²) in [6.45, 7) is 11.3. The summed E-state index contributed by atoms with van der Waals surface area (Å²) in [6.07, 6.45) is 5.58. The molecule has 1 nitrogen and oxygen atoms in total. The molecule has 0 bridgehead atoms. The highest BCUT2D eigenvalue weighted by Gasteiger charge is 2.38. The molecule has 1 aliphatic rings. The molecule has 0 aliphatic heterocycles. The molecule has 1 saturated carbocycles. The molecule has 3 unspecified atom stereocenters. The summed E-state index contributed by atoms with van der Waals surface area (Å²) in [5.41, 5.74) is 0.201. The summed E-state index contributed by atoms with van der Waals surface area (Å²) in [5, 5.41) is 0. The molecular weight excluding hydrogens is 196 g/mol. The zero-order valence-electron chi connectivity index (χ0n) is 11.7. The van der Waals surface area contributed by atoms with Gasteiger partial charge in [-0.05, 0) is 36.5 Å². The van der Waals surface area contributed by atoms with Crippen LogP contribution in [-0.2, 0) is 4.79 Å². The van der Waals surface area contributed by atoms with E-state index in [0.717, 1.165) is 18.8 Å². The number of carbonyl (C=O) groups excluding carboxylic acids is 1. The maximum absolute atomic E-state index is 12.1. The lowest BCUT2D eigenvalue weighted by Gasteiger charge is -2.39. The number of rotatable bonds is 4. The van der Waals surface area contributed by atoms with E-state index in [1.165, 1.54) is 19.3 Å². The number of hydrogen-bond donors (Lipinski definition) is 0. The lowest BCUT2D eigenvalue weighted by atomic mass is 9.65. The van der Waals surface area contributed by atoms with E-state index in [0.29, 0.717) is 17.6 Å². The molecular formula is C15H28O. The summed E-state index contributed by atoms with van der Waals surface area (Å²) in [5.74, 6) is 2.19. The molecule has 3 atom stereocenters. The van der Waals surface area contributed by atoms with Crippen LogP contribution in [0.1, 0.15) is 66.7 Å². The van der Waals surface area contributed by atoms with Gasteiger partial charge in [0.2, 0.25) is 0 Å². The highest BCUT2D eigenvalue weighted by Crippen LogP contribution is 2.42. The molecule has 1 fully saturated rings. The Morgan fingerprint density at radius 1 is 1.38 bits per heavy atom. The van der Waals surface area contributed by atoms with Gasteiger partial charge in [0, 0.05) is 12.3 Å². The van der Waals surface area contributed by atoms with Gasteiger partial charge in [0.25, 0.3) is 0 Å². The van der Waals surface area contributed by atoms with Crippen LogP contribution in [0, 0.1) is 23.2 Å². The van der Waals surface area contributed by atoms with Gasteiger partial charge in [-0.2, -0.15) is 0 Å². The Labute approximate surface area is 101 Å². The van der Waals surface area contributed by atoms with Crippen LogP contribution in [0.5, 0.6) is 0 Å². The Morgan fingerprint density at radius 3 is 2.50 bits per heavy atom. The smallest absolute Gasteiger partial charge is 0.136 e. The predicted molar refractivity (Wildman–Crippen MR) is 69.4 cm³/mol. The second kappa shape index (κ2) is 5.33. The quantitative estimate of drug-likeness (QED) is 0.689. The topological polar surface area (TPSA) is 17.1 Å². The first-order valence-electron chi connectivity index (χ1n) is 6.89. The van der Waals surface area contributed by atoms with Crippen molar-refractivity contribution < 1.29 is 4.79 Å². The van der Waals surface area contributed by atoms with Crippen LogP contribution in [-0.4, -0.2) is 5.78 Å². The molecule has 0 radical (unpaired) electrons. The van der Waals surface area contributed by atoms with Crippen LogP contribution in [0.4, 0.5) is 0 Å². The van der Waals surface area contributed by atoms with E-state index in [2.05, 4.69) is 34.6 Å². The molecule has 1 aliphatic carbocycles. The lowest BCUT2D eigenvalue weighted by molar-refractivity contribution is -0.130. The first kappa shape index (κ1) is 13.7. The summed E-state index contributed by atoms with van der Waals surface area (Å²) in [6, 6.07) is 0. The van der Waals surface area contributed by atoms with Gasteiger partial charge in [0.05, 0.1) is 0 Å². The van der Waals surface area contributed by atoms with Gasteiger partial charge in [-0.3, -0.25) is 4.79 Å². The lowest BCUT2D eigenvalue weighted by Crippen LogP contribution is -2.36.